The third kappa shape index (κ3) is 25.1. The largest absolute Gasteiger partial charge is 0.466 e. The molecule has 6 heteroatoms. The Balaban J connectivity index is 3.69. The van der Waals surface area contributed by atoms with Gasteiger partial charge in [-0.2, -0.15) is 0 Å². The molecule has 230 valence electrons. The molecule has 0 aromatic heterocycles. The molecule has 0 saturated heterocycles. The first-order chi connectivity index (χ1) is 18.9. The van der Waals surface area contributed by atoms with Crippen molar-refractivity contribution in [1.29, 1.82) is 0 Å². The summed E-state index contributed by atoms with van der Waals surface area (Å²) in [5.74, 6) is -0.254. The number of esters is 1. The van der Waals surface area contributed by atoms with Crippen molar-refractivity contribution in [3.8, 4) is 0 Å². The minimum Gasteiger partial charge on any atom is -0.466 e. The van der Waals surface area contributed by atoms with Crippen molar-refractivity contribution in [3.63, 3.8) is 0 Å². The van der Waals surface area contributed by atoms with Gasteiger partial charge in [-0.15, -0.1) is 0 Å². The molecule has 0 aliphatic heterocycles. The maximum Gasteiger partial charge on any atom is 0.305 e. The van der Waals surface area contributed by atoms with Crippen molar-refractivity contribution < 1.29 is 19.1 Å². The zero-order valence-electron chi connectivity index (χ0n) is 26.3. The van der Waals surface area contributed by atoms with Crippen LogP contribution in [-0.2, 0) is 19.1 Å². The molecule has 1 unspecified atom stereocenters. The van der Waals surface area contributed by atoms with Gasteiger partial charge in [-0.25, -0.2) is 0 Å². The maximum absolute atomic E-state index is 12.6. The fraction of sp³-hybridized carbons (Fsp3) is 0.909. The number of rotatable bonds is 28. The predicted molar refractivity (Wildman–Crippen MR) is 164 cm³/mol. The lowest BCUT2D eigenvalue weighted by Gasteiger charge is -2.21. The molecule has 0 spiro atoms. The first-order valence-corrected chi connectivity index (χ1v) is 16.6. The van der Waals surface area contributed by atoms with Crippen LogP contribution < -0.4 is 10.6 Å². The fourth-order valence-corrected chi connectivity index (χ4v) is 4.92. The van der Waals surface area contributed by atoms with Crippen molar-refractivity contribution in [2.24, 2.45) is 5.92 Å². The van der Waals surface area contributed by atoms with E-state index in [1.54, 1.807) is 0 Å². The molecule has 0 fully saturated rings. The van der Waals surface area contributed by atoms with Crippen LogP contribution in [0.4, 0.5) is 0 Å². The SMILES string of the molecule is CCCCCCCCCCCCCCCCCCNC(=O)C(NC(=O)CCCCCCC(=O)OCC)C(C)C. The van der Waals surface area contributed by atoms with Gasteiger partial charge in [0, 0.05) is 19.4 Å². The Bertz CT molecular complexity index is 594. The van der Waals surface area contributed by atoms with Crippen molar-refractivity contribution in [3.05, 3.63) is 0 Å². The first kappa shape index (κ1) is 37.4. The van der Waals surface area contributed by atoms with Crippen LogP contribution in [0.1, 0.15) is 169 Å². The molecule has 39 heavy (non-hydrogen) atoms. The van der Waals surface area contributed by atoms with Gasteiger partial charge < -0.3 is 15.4 Å². The molecule has 0 aromatic carbocycles. The summed E-state index contributed by atoms with van der Waals surface area (Å²) in [6, 6.07) is -0.484. The summed E-state index contributed by atoms with van der Waals surface area (Å²) in [4.78, 5) is 36.3. The van der Waals surface area contributed by atoms with Crippen LogP contribution in [0, 0.1) is 5.92 Å². The van der Waals surface area contributed by atoms with Gasteiger partial charge in [-0.3, -0.25) is 14.4 Å². The molecule has 0 bridgehead atoms. The van der Waals surface area contributed by atoms with Crippen LogP contribution in [0.15, 0.2) is 0 Å². The quantitative estimate of drug-likeness (QED) is 0.0754. The molecule has 0 heterocycles. The van der Waals surface area contributed by atoms with Crippen molar-refractivity contribution in [2.45, 2.75) is 175 Å². The summed E-state index contributed by atoms with van der Waals surface area (Å²) in [5, 5.41) is 5.95. The number of hydrogen-bond donors (Lipinski definition) is 2. The number of carbonyl (C=O) groups is 3. The number of amides is 2. The summed E-state index contributed by atoms with van der Waals surface area (Å²) in [5.41, 5.74) is 0. The summed E-state index contributed by atoms with van der Waals surface area (Å²) in [6.45, 7) is 9.11. The monoisotopic (exact) mass is 552 g/mol. The average molecular weight is 553 g/mol. The van der Waals surface area contributed by atoms with Crippen LogP contribution in [-0.4, -0.2) is 37.0 Å². The minimum absolute atomic E-state index is 0.0457. The van der Waals surface area contributed by atoms with Crippen molar-refractivity contribution in [1.82, 2.24) is 10.6 Å². The lowest BCUT2D eigenvalue weighted by atomic mass is 10.0. The molecule has 0 radical (unpaired) electrons. The highest BCUT2D eigenvalue weighted by molar-refractivity contribution is 5.87. The molecule has 0 saturated carbocycles. The smallest absolute Gasteiger partial charge is 0.305 e. The van der Waals surface area contributed by atoms with E-state index in [0.717, 1.165) is 38.5 Å². The van der Waals surface area contributed by atoms with Gasteiger partial charge in [0.15, 0.2) is 0 Å². The highest BCUT2D eigenvalue weighted by atomic mass is 16.5. The predicted octanol–water partition coefficient (Wildman–Crippen LogP) is 8.41. The van der Waals surface area contributed by atoms with Gasteiger partial charge in [0.1, 0.15) is 6.04 Å². The van der Waals surface area contributed by atoms with E-state index in [1.807, 2.05) is 20.8 Å². The zero-order valence-corrected chi connectivity index (χ0v) is 26.3. The normalized spacial score (nSPS) is 11.9. The molecular weight excluding hydrogens is 488 g/mol. The van der Waals surface area contributed by atoms with Gasteiger partial charge in [0.05, 0.1) is 6.61 Å². The third-order valence-corrected chi connectivity index (χ3v) is 7.44. The average Bonchev–Trinajstić information content (AvgIpc) is 2.90. The van der Waals surface area contributed by atoms with E-state index in [4.69, 9.17) is 4.74 Å². The van der Waals surface area contributed by atoms with Crippen molar-refractivity contribution >= 4 is 17.8 Å². The van der Waals surface area contributed by atoms with E-state index in [9.17, 15) is 14.4 Å². The Morgan fingerprint density at radius 1 is 0.590 bits per heavy atom. The Morgan fingerprint density at radius 3 is 1.49 bits per heavy atom. The van der Waals surface area contributed by atoms with Gasteiger partial charge in [-0.1, -0.05) is 130 Å². The molecule has 0 rings (SSSR count). The van der Waals surface area contributed by atoms with Crippen LogP contribution in [0.2, 0.25) is 0 Å². The standard InChI is InChI=1S/C33H64N2O4/c1-5-7-8-9-10-11-12-13-14-15-16-17-18-19-22-25-28-34-33(38)32(29(3)4)35-30(36)26-23-20-21-24-27-31(37)39-6-2/h29,32H,5-28H2,1-4H3,(H,34,38)(H,35,36). The molecule has 0 aliphatic carbocycles. The second-order valence-electron chi connectivity index (χ2n) is 11.6. The van der Waals surface area contributed by atoms with Gasteiger partial charge in [0.2, 0.25) is 11.8 Å². The first-order valence-electron chi connectivity index (χ1n) is 16.6. The summed E-state index contributed by atoms with van der Waals surface area (Å²) in [7, 11) is 0. The van der Waals surface area contributed by atoms with E-state index in [2.05, 4.69) is 17.6 Å². The summed E-state index contributed by atoms with van der Waals surface area (Å²) in [6.07, 6.45) is 25.6. The van der Waals surface area contributed by atoms with E-state index in [1.165, 1.54) is 89.9 Å². The third-order valence-electron chi connectivity index (χ3n) is 7.44. The summed E-state index contributed by atoms with van der Waals surface area (Å²) < 4.78 is 4.92. The van der Waals surface area contributed by atoms with Crippen LogP contribution in [0.3, 0.4) is 0 Å². The molecule has 2 amide bonds. The number of nitrogens with one attached hydrogen (secondary N) is 2. The van der Waals surface area contributed by atoms with E-state index >= 15 is 0 Å². The Morgan fingerprint density at radius 2 is 1.03 bits per heavy atom. The lowest BCUT2D eigenvalue weighted by molar-refractivity contribution is -0.143. The van der Waals surface area contributed by atoms with Crippen LogP contribution >= 0.6 is 0 Å². The molecule has 6 nitrogen and oxygen atoms in total. The Kier molecular flexibility index (Phi) is 26.8. The molecule has 2 N–H and O–H groups in total. The maximum atomic E-state index is 12.6. The van der Waals surface area contributed by atoms with Crippen molar-refractivity contribution in [2.75, 3.05) is 13.2 Å². The van der Waals surface area contributed by atoms with Crippen LogP contribution in [0.5, 0.6) is 0 Å². The number of carbonyl (C=O) groups excluding carboxylic acids is 3. The van der Waals surface area contributed by atoms with Gasteiger partial charge >= 0.3 is 5.97 Å². The Hall–Kier alpha value is -1.59. The molecule has 0 aromatic rings. The minimum atomic E-state index is -0.484. The van der Waals surface area contributed by atoms with E-state index in [0.29, 0.717) is 26.0 Å². The highest BCUT2D eigenvalue weighted by Crippen LogP contribution is 2.14. The van der Waals surface area contributed by atoms with E-state index < -0.39 is 6.04 Å². The zero-order chi connectivity index (χ0) is 29.0. The second kappa shape index (κ2) is 28.0. The van der Waals surface area contributed by atoms with Gasteiger partial charge in [0.25, 0.3) is 0 Å². The summed E-state index contributed by atoms with van der Waals surface area (Å²) >= 11 is 0. The fourth-order valence-electron chi connectivity index (χ4n) is 4.92. The number of ether oxygens (including phenoxy) is 1. The molecule has 0 aliphatic rings. The molecule has 1 atom stereocenters. The number of unbranched alkanes of at least 4 members (excludes halogenated alkanes) is 18. The lowest BCUT2D eigenvalue weighted by Crippen LogP contribution is -2.49. The topological polar surface area (TPSA) is 84.5 Å². The van der Waals surface area contributed by atoms with Crippen LogP contribution in [0.25, 0.3) is 0 Å². The Labute approximate surface area is 241 Å². The second-order valence-corrected chi connectivity index (χ2v) is 11.6. The van der Waals surface area contributed by atoms with Gasteiger partial charge in [-0.05, 0) is 32.1 Å². The van der Waals surface area contributed by atoms with E-state index in [-0.39, 0.29) is 23.7 Å². The number of hydrogen-bond acceptors (Lipinski definition) is 4. The highest BCUT2D eigenvalue weighted by Gasteiger charge is 2.23. The molecular formula is C33H64N2O4.